The van der Waals surface area contributed by atoms with E-state index in [-0.39, 0.29) is 12.1 Å². The molecule has 1 saturated heterocycles. The molecular weight excluding hydrogens is 328 g/mol. The molecule has 6 nitrogen and oxygen atoms in total. The maximum atomic E-state index is 12.4. The van der Waals surface area contributed by atoms with E-state index in [1.54, 1.807) is 11.1 Å². The summed E-state index contributed by atoms with van der Waals surface area (Å²) in [5.41, 5.74) is 8.29. The first-order chi connectivity index (χ1) is 12.7. The molecule has 2 aromatic rings. The lowest BCUT2D eigenvalue weighted by Crippen LogP contribution is -2.47. The predicted molar refractivity (Wildman–Crippen MR) is 104 cm³/mol. The third-order valence-electron chi connectivity index (χ3n) is 4.21. The van der Waals surface area contributed by atoms with Crippen molar-refractivity contribution in [2.75, 3.05) is 31.6 Å². The van der Waals surface area contributed by atoms with Gasteiger partial charge in [-0.05, 0) is 48.9 Å². The summed E-state index contributed by atoms with van der Waals surface area (Å²) in [7, 11) is 0. The number of aromatic nitrogens is 1. The maximum Gasteiger partial charge on any atom is 0.322 e. The zero-order valence-corrected chi connectivity index (χ0v) is 14.7. The van der Waals surface area contributed by atoms with Crippen LogP contribution in [0.4, 0.5) is 10.5 Å². The Morgan fingerprint density at radius 3 is 2.85 bits per heavy atom. The Morgan fingerprint density at radius 2 is 2.12 bits per heavy atom. The fraction of sp³-hybridized carbons (Fsp3) is 0.300. The topological polar surface area (TPSA) is 80.5 Å². The van der Waals surface area contributed by atoms with E-state index >= 15 is 0 Å². The van der Waals surface area contributed by atoms with Gasteiger partial charge in [-0.25, -0.2) is 4.79 Å². The predicted octanol–water partition coefficient (Wildman–Crippen LogP) is 2.83. The molecule has 0 bridgehead atoms. The minimum atomic E-state index is -0.105. The number of amides is 2. The second kappa shape index (κ2) is 9.12. The van der Waals surface area contributed by atoms with Crippen molar-refractivity contribution >= 4 is 23.9 Å². The Morgan fingerprint density at radius 1 is 1.27 bits per heavy atom. The number of pyridine rings is 1. The van der Waals surface area contributed by atoms with Crippen molar-refractivity contribution in [3.05, 3.63) is 59.9 Å². The summed E-state index contributed by atoms with van der Waals surface area (Å²) in [5.74, 6) is 0. The molecule has 136 valence electrons. The van der Waals surface area contributed by atoms with Gasteiger partial charge in [0.15, 0.2) is 0 Å². The highest BCUT2D eigenvalue weighted by Crippen LogP contribution is 2.14. The van der Waals surface area contributed by atoms with E-state index in [4.69, 9.17) is 10.5 Å². The third kappa shape index (κ3) is 5.15. The largest absolute Gasteiger partial charge is 0.374 e. The molecule has 3 rings (SSSR count). The zero-order chi connectivity index (χ0) is 18.2. The Balaban J connectivity index is 1.55. The lowest BCUT2D eigenvalue weighted by Gasteiger charge is -2.32. The number of morpholine rings is 1. The van der Waals surface area contributed by atoms with Crippen LogP contribution in [0.2, 0.25) is 0 Å². The second-order valence-electron chi connectivity index (χ2n) is 6.16. The molecule has 0 radical (unpaired) electrons. The average molecular weight is 352 g/mol. The van der Waals surface area contributed by atoms with Crippen LogP contribution in [0.25, 0.3) is 12.2 Å². The van der Waals surface area contributed by atoms with E-state index in [1.165, 1.54) is 0 Å². The quantitative estimate of drug-likeness (QED) is 0.867. The highest BCUT2D eigenvalue weighted by molar-refractivity contribution is 5.89. The molecule has 1 fully saturated rings. The van der Waals surface area contributed by atoms with Crippen LogP contribution in [-0.2, 0) is 4.74 Å². The number of nitrogens with one attached hydrogen (secondary N) is 1. The number of carbonyl (C=O) groups excluding carboxylic acids is 1. The van der Waals surface area contributed by atoms with Crippen molar-refractivity contribution in [2.45, 2.75) is 12.5 Å². The van der Waals surface area contributed by atoms with E-state index in [2.05, 4.69) is 10.3 Å². The van der Waals surface area contributed by atoms with E-state index < -0.39 is 0 Å². The molecular formula is C20H24N4O2. The molecule has 2 amide bonds. The summed E-state index contributed by atoms with van der Waals surface area (Å²) in [5, 5.41) is 2.94. The molecule has 1 atom stereocenters. The molecule has 1 aromatic heterocycles. The fourth-order valence-corrected chi connectivity index (χ4v) is 2.80. The maximum absolute atomic E-state index is 12.4. The van der Waals surface area contributed by atoms with Crippen LogP contribution < -0.4 is 11.1 Å². The molecule has 26 heavy (non-hydrogen) atoms. The normalized spacial score (nSPS) is 17.4. The number of urea groups is 1. The number of hydrogen-bond acceptors (Lipinski definition) is 4. The van der Waals surface area contributed by atoms with E-state index in [0.717, 1.165) is 23.4 Å². The molecule has 0 aliphatic carbocycles. The summed E-state index contributed by atoms with van der Waals surface area (Å²) < 4.78 is 5.61. The molecule has 1 aromatic carbocycles. The summed E-state index contributed by atoms with van der Waals surface area (Å²) in [6.45, 7) is 2.29. The van der Waals surface area contributed by atoms with Gasteiger partial charge in [-0.3, -0.25) is 4.98 Å². The van der Waals surface area contributed by atoms with Gasteiger partial charge >= 0.3 is 6.03 Å². The second-order valence-corrected chi connectivity index (χ2v) is 6.16. The highest BCUT2D eigenvalue weighted by Gasteiger charge is 2.23. The van der Waals surface area contributed by atoms with Crippen molar-refractivity contribution in [1.29, 1.82) is 0 Å². The molecule has 0 unspecified atom stereocenters. The SMILES string of the molecule is NCC[C@H]1CN(C(=O)Nc2ccc(/C=C/c3ccccn3)cc2)CCO1. The number of nitrogens with zero attached hydrogens (tertiary/aromatic N) is 2. The average Bonchev–Trinajstić information content (AvgIpc) is 2.69. The van der Waals surface area contributed by atoms with Crippen LogP contribution in [-0.4, -0.2) is 48.3 Å². The van der Waals surface area contributed by atoms with Crippen LogP contribution >= 0.6 is 0 Å². The van der Waals surface area contributed by atoms with Crippen LogP contribution in [0.3, 0.4) is 0 Å². The number of rotatable bonds is 5. The van der Waals surface area contributed by atoms with Crippen molar-refractivity contribution < 1.29 is 9.53 Å². The summed E-state index contributed by atoms with van der Waals surface area (Å²) >= 11 is 0. The molecule has 3 N–H and O–H groups in total. The third-order valence-corrected chi connectivity index (χ3v) is 4.21. The van der Waals surface area contributed by atoms with Crippen molar-refractivity contribution in [3.63, 3.8) is 0 Å². The van der Waals surface area contributed by atoms with Crippen molar-refractivity contribution in [2.24, 2.45) is 5.73 Å². The van der Waals surface area contributed by atoms with E-state index in [0.29, 0.717) is 26.2 Å². The first kappa shape index (κ1) is 18.1. The van der Waals surface area contributed by atoms with Crippen LogP contribution in [0.1, 0.15) is 17.7 Å². The lowest BCUT2D eigenvalue weighted by molar-refractivity contribution is -0.0146. The molecule has 0 saturated carbocycles. The molecule has 1 aliphatic heterocycles. The minimum absolute atomic E-state index is 0.0265. The highest BCUT2D eigenvalue weighted by atomic mass is 16.5. The Bertz CT molecular complexity index is 729. The standard InChI is InChI=1S/C20H24N4O2/c21-11-10-19-15-24(13-14-26-19)20(25)23-18-8-5-16(6-9-18)4-7-17-3-1-2-12-22-17/h1-9,12,19H,10-11,13-15,21H2,(H,23,25)/b7-4+/t19-/m0/s1. The summed E-state index contributed by atoms with van der Waals surface area (Å²) in [6.07, 6.45) is 6.51. The summed E-state index contributed by atoms with van der Waals surface area (Å²) in [4.78, 5) is 18.4. The van der Waals surface area contributed by atoms with Gasteiger partial charge in [-0.15, -0.1) is 0 Å². The number of nitrogens with two attached hydrogens (primary N) is 1. The first-order valence-corrected chi connectivity index (χ1v) is 8.81. The van der Waals surface area contributed by atoms with Crippen molar-refractivity contribution in [3.8, 4) is 0 Å². The number of anilines is 1. The van der Waals surface area contributed by atoms with Gasteiger partial charge in [0.05, 0.1) is 18.4 Å². The van der Waals surface area contributed by atoms with Gasteiger partial charge in [0, 0.05) is 25.0 Å². The van der Waals surface area contributed by atoms with Gasteiger partial charge in [-0.2, -0.15) is 0 Å². The Labute approximate surface area is 153 Å². The van der Waals surface area contributed by atoms with Gasteiger partial charge in [0.2, 0.25) is 0 Å². The molecule has 1 aliphatic rings. The van der Waals surface area contributed by atoms with Gasteiger partial charge < -0.3 is 20.7 Å². The van der Waals surface area contributed by atoms with E-state index in [1.807, 2.05) is 54.6 Å². The smallest absolute Gasteiger partial charge is 0.322 e. The van der Waals surface area contributed by atoms with Crippen LogP contribution in [0, 0.1) is 0 Å². The van der Waals surface area contributed by atoms with Crippen molar-refractivity contribution in [1.82, 2.24) is 9.88 Å². The van der Waals surface area contributed by atoms with Gasteiger partial charge in [0.1, 0.15) is 0 Å². The van der Waals surface area contributed by atoms with E-state index in [9.17, 15) is 4.79 Å². The lowest BCUT2D eigenvalue weighted by atomic mass is 10.2. The Hall–Kier alpha value is -2.70. The molecule has 2 heterocycles. The van der Waals surface area contributed by atoms with Gasteiger partial charge in [0.25, 0.3) is 0 Å². The Kier molecular flexibility index (Phi) is 6.35. The fourth-order valence-electron chi connectivity index (χ4n) is 2.80. The molecule has 0 spiro atoms. The number of ether oxygens (including phenoxy) is 1. The van der Waals surface area contributed by atoms with Gasteiger partial charge in [-0.1, -0.05) is 24.3 Å². The van der Waals surface area contributed by atoms with Crippen LogP contribution in [0.15, 0.2) is 48.7 Å². The first-order valence-electron chi connectivity index (χ1n) is 8.81. The number of carbonyl (C=O) groups is 1. The zero-order valence-electron chi connectivity index (χ0n) is 14.7. The van der Waals surface area contributed by atoms with Crippen LogP contribution in [0.5, 0.6) is 0 Å². The number of hydrogen-bond donors (Lipinski definition) is 2. The minimum Gasteiger partial charge on any atom is -0.374 e. The summed E-state index contributed by atoms with van der Waals surface area (Å²) in [6, 6.07) is 13.4. The molecule has 6 heteroatoms. The monoisotopic (exact) mass is 352 g/mol. The number of benzene rings is 1.